The lowest BCUT2D eigenvalue weighted by molar-refractivity contribution is -0.139. The summed E-state index contributed by atoms with van der Waals surface area (Å²) in [7, 11) is 3.99. The van der Waals surface area contributed by atoms with Crippen LogP contribution in [0.2, 0.25) is 0 Å². The summed E-state index contributed by atoms with van der Waals surface area (Å²) < 4.78 is 0. The van der Waals surface area contributed by atoms with Crippen molar-refractivity contribution in [2.75, 3.05) is 24.3 Å². The standard InChI is InChI=1S/C16H18N4O2S/c1-19(2)13-5-3-11(4-6-13)17-16-18-12(10-23-16)9-20-14(21)7-8-15(20)22/h3-6,10H,7-9H2,1-2H3,(H,17,18). The summed E-state index contributed by atoms with van der Waals surface area (Å²) in [4.78, 5) is 31.0. The molecule has 120 valence electrons. The van der Waals surface area contributed by atoms with Crippen molar-refractivity contribution < 1.29 is 9.59 Å². The molecule has 6 nitrogen and oxygen atoms in total. The quantitative estimate of drug-likeness (QED) is 0.854. The number of hydrogen-bond donors (Lipinski definition) is 1. The number of benzene rings is 1. The fourth-order valence-corrected chi connectivity index (χ4v) is 3.09. The molecule has 1 aromatic carbocycles. The van der Waals surface area contributed by atoms with E-state index < -0.39 is 0 Å². The smallest absolute Gasteiger partial charge is 0.230 e. The van der Waals surface area contributed by atoms with Gasteiger partial charge in [-0.2, -0.15) is 0 Å². The van der Waals surface area contributed by atoms with E-state index in [4.69, 9.17) is 0 Å². The average molecular weight is 330 g/mol. The molecule has 1 N–H and O–H groups in total. The molecule has 0 bridgehead atoms. The number of aromatic nitrogens is 1. The number of thiazole rings is 1. The molecular weight excluding hydrogens is 312 g/mol. The first kappa shape index (κ1) is 15.5. The van der Waals surface area contributed by atoms with E-state index in [2.05, 4.69) is 10.3 Å². The fraction of sp³-hybridized carbons (Fsp3) is 0.312. The Kier molecular flexibility index (Phi) is 4.29. The number of imide groups is 1. The molecule has 1 fully saturated rings. The summed E-state index contributed by atoms with van der Waals surface area (Å²) in [5, 5.41) is 5.86. The van der Waals surface area contributed by atoms with E-state index in [0.29, 0.717) is 12.8 Å². The average Bonchev–Trinajstić information content (AvgIpc) is 3.09. The Morgan fingerprint density at radius 1 is 1.17 bits per heavy atom. The minimum absolute atomic E-state index is 0.114. The fourth-order valence-electron chi connectivity index (χ4n) is 2.36. The van der Waals surface area contributed by atoms with Gasteiger partial charge in [0, 0.05) is 43.7 Å². The molecule has 7 heteroatoms. The van der Waals surface area contributed by atoms with Crippen LogP contribution >= 0.6 is 11.3 Å². The summed E-state index contributed by atoms with van der Waals surface area (Å²) >= 11 is 1.46. The molecule has 1 aliphatic heterocycles. The van der Waals surface area contributed by atoms with E-state index in [1.165, 1.54) is 16.2 Å². The Labute approximate surface area is 138 Å². The highest BCUT2D eigenvalue weighted by Gasteiger charge is 2.29. The monoisotopic (exact) mass is 330 g/mol. The van der Waals surface area contributed by atoms with Crippen LogP contribution in [0, 0.1) is 0 Å². The maximum Gasteiger partial charge on any atom is 0.230 e. The van der Waals surface area contributed by atoms with Gasteiger partial charge in [-0.3, -0.25) is 14.5 Å². The van der Waals surface area contributed by atoms with E-state index in [-0.39, 0.29) is 18.4 Å². The van der Waals surface area contributed by atoms with E-state index in [1.54, 1.807) is 0 Å². The second-order valence-electron chi connectivity index (χ2n) is 5.58. The van der Waals surface area contributed by atoms with Crippen LogP contribution in [0.25, 0.3) is 0 Å². The molecule has 0 spiro atoms. The van der Waals surface area contributed by atoms with Gasteiger partial charge in [0.1, 0.15) is 0 Å². The number of nitrogens with zero attached hydrogens (tertiary/aromatic N) is 3. The summed E-state index contributed by atoms with van der Waals surface area (Å²) in [5.41, 5.74) is 2.80. The Hall–Kier alpha value is -2.41. The largest absolute Gasteiger partial charge is 0.378 e. The molecule has 1 aromatic heterocycles. The highest BCUT2D eigenvalue weighted by molar-refractivity contribution is 7.13. The number of amides is 2. The number of anilines is 3. The Bertz CT molecular complexity index is 708. The number of likely N-dealkylation sites (tertiary alicyclic amines) is 1. The van der Waals surface area contributed by atoms with Crippen LogP contribution < -0.4 is 10.2 Å². The first-order valence-corrected chi connectivity index (χ1v) is 8.23. The second-order valence-corrected chi connectivity index (χ2v) is 6.44. The van der Waals surface area contributed by atoms with Crippen molar-refractivity contribution in [3.63, 3.8) is 0 Å². The molecule has 3 rings (SSSR count). The summed E-state index contributed by atoms with van der Waals surface area (Å²) in [6.45, 7) is 0.259. The zero-order chi connectivity index (χ0) is 16.4. The van der Waals surface area contributed by atoms with E-state index >= 15 is 0 Å². The normalized spacial score (nSPS) is 14.4. The number of carbonyl (C=O) groups excluding carboxylic acids is 2. The van der Waals surface area contributed by atoms with Crippen molar-refractivity contribution in [2.45, 2.75) is 19.4 Å². The predicted molar refractivity (Wildman–Crippen MR) is 91.0 cm³/mol. The number of rotatable bonds is 5. The first-order valence-electron chi connectivity index (χ1n) is 7.35. The molecule has 2 heterocycles. The zero-order valence-electron chi connectivity index (χ0n) is 13.1. The molecule has 0 atom stereocenters. The van der Waals surface area contributed by atoms with Crippen molar-refractivity contribution in [3.8, 4) is 0 Å². The highest BCUT2D eigenvalue weighted by atomic mass is 32.1. The summed E-state index contributed by atoms with van der Waals surface area (Å²) in [6, 6.07) is 8.03. The minimum Gasteiger partial charge on any atom is -0.378 e. The lowest BCUT2D eigenvalue weighted by Crippen LogP contribution is -2.28. The van der Waals surface area contributed by atoms with Gasteiger partial charge in [-0.05, 0) is 24.3 Å². The van der Waals surface area contributed by atoms with E-state index in [1.807, 2.05) is 48.6 Å². The maximum absolute atomic E-state index is 11.6. The van der Waals surface area contributed by atoms with Crippen LogP contribution in [-0.2, 0) is 16.1 Å². The molecule has 0 aliphatic carbocycles. The molecule has 1 aliphatic rings. The molecule has 2 aromatic rings. The van der Waals surface area contributed by atoms with E-state index in [0.717, 1.165) is 22.2 Å². The van der Waals surface area contributed by atoms with Crippen LogP contribution in [0.5, 0.6) is 0 Å². The number of nitrogens with one attached hydrogen (secondary N) is 1. The first-order chi connectivity index (χ1) is 11.0. The SMILES string of the molecule is CN(C)c1ccc(Nc2nc(CN3C(=O)CCC3=O)cs2)cc1. The van der Waals surface area contributed by atoms with Crippen LogP contribution in [0.15, 0.2) is 29.6 Å². The second kappa shape index (κ2) is 6.37. The zero-order valence-corrected chi connectivity index (χ0v) is 13.9. The van der Waals surface area contributed by atoms with Crippen molar-refractivity contribution in [1.82, 2.24) is 9.88 Å². The molecule has 1 saturated heterocycles. The lowest BCUT2D eigenvalue weighted by Gasteiger charge is -2.13. The van der Waals surface area contributed by atoms with Crippen LogP contribution in [0.3, 0.4) is 0 Å². The van der Waals surface area contributed by atoms with Crippen LogP contribution in [0.4, 0.5) is 16.5 Å². The Morgan fingerprint density at radius 2 is 1.83 bits per heavy atom. The van der Waals surface area contributed by atoms with Gasteiger partial charge in [-0.25, -0.2) is 4.98 Å². The molecule has 0 unspecified atom stereocenters. The van der Waals surface area contributed by atoms with Gasteiger partial charge in [0.15, 0.2) is 5.13 Å². The van der Waals surface area contributed by atoms with Crippen molar-refractivity contribution in [1.29, 1.82) is 0 Å². The predicted octanol–water partition coefficient (Wildman–Crippen LogP) is 2.60. The van der Waals surface area contributed by atoms with Crippen LogP contribution in [0.1, 0.15) is 18.5 Å². The van der Waals surface area contributed by atoms with Gasteiger partial charge >= 0.3 is 0 Å². The van der Waals surface area contributed by atoms with E-state index in [9.17, 15) is 9.59 Å². The van der Waals surface area contributed by atoms with Gasteiger partial charge < -0.3 is 10.2 Å². The van der Waals surface area contributed by atoms with Gasteiger partial charge in [-0.1, -0.05) is 0 Å². The summed E-state index contributed by atoms with van der Waals surface area (Å²) in [5.74, 6) is -0.228. The maximum atomic E-state index is 11.6. The topological polar surface area (TPSA) is 65.5 Å². The van der Waals surface area contributed by atoms with Crippen molar-refractivity contribution in [3.05, 3.63) is 35.3 Å². The summed E-state index contributed by atoms with van der Waals surface area (Å²) in [6.07, 6.45) is 0.624. The molecular formula is C16H18N4O2S. The van der Waals surface area contributed by atoms with Crippen molar-refractivity contribution >= 4 is 39.7 Å². The third-order valence-electron chi connectivity index (χ3n) is 3.66. The Balaban J connectivity index is 1.65. The third kappa shape index (κ3) is 3.50. The number of carbonyl (C=O) groups is 2. The molecule has 23 heavy (non-hydrogen) atoms. The lowest BCUT2D eigenvalue weighted by atomic mass is 10.2. The van der Waals surface area contributed by atoms with Gasteiger partial charge in [0.25, 0.3) is 0 Å². The van der Waals surface area contributed by atoms with Gasteiger partial charge in [0.2, 0.25) is 11.8 Å². The Morgan fingerprint density at radius 3 is 2.43 bits per heavy atom. The van der Waals surface area contributed by atoms with Gasteiger partial charge in [0.05, 0.1) is 12.2 Å². The third-order valence-corrected chi connectivity index (χ3v) is 4.47. The van der Waals surface area contributed by atoms with Crippen molar-refractivity contribution in [2.24, 2.45) is 0 Å². The highest BCUT2D eigenvalue weighted by Crippen LogP contribution is 2.24. The molecule has 2 amide bonds. The molecule has 0 saturated carbocycles. The number of hydrogen-bond acceptors (Lipinski definition) is 6. The van der Waals surface area contributed by atoms with Gasteiger partial charge in [-0.15, -0.1) is 11.3 Å². The van der Waals surface area contributed by atoms with Crippen LogP contribution in [-0.4, -0.2) is 35.8 Å². The minimum atomic E-state index is -0.114. The molecule has 0 radical (unpaired) electrons.